The van der Waals surface area contributed by atoms with Crippen molar-refractivity contribution in [1.29, 1.82) is 0 Å². The first-order chi connectivity index (χ1) is 7.06. The van der Waals surface area contributed by atoms with Gasteiger partial charge in [0.05, 0.1) is 0 Å². The highest BCUT2D eigenvalue weighted by Crippen LogP contribution is 2.26. The maximum atomic E-state index is 13.1. The van der Waals surface area contributed by atoms with Crippen LogP contribution in [0.25, 0.3) is 0 Å². The average Bonchev–Trinajstić information content (AvgIpc) is 2.18. The normalized spacial score (nSPS) is 15.3. The fourth-order valence-corrected chi connectivity index (χ4v) is 1.93. The van der Waals surface area contributed by atoms with Gasteiger partial charge in [0.15, 0.2) is 0 Å². The Bertz CT molecular complexity index is 309. The number of benzene rings is 1. The van der Waals surface area contributed by atoms with Crippen molar-refractivity contribution in [3.05, 3.63) is 35.6 Å². The topological polar surface area (TPSA) is 26.0 Å². The van der Waals surface area contributed by atoms with Gasteiger partial charge in [-0.1, -0.05) is 32.9 Å². The van der Waals surface area contributed by atoms with Gasteiger partial charge in [0.2, 0.25) is 0 Å². The molecule has 0 aliphatic heterocycles. The Kier molecular flexibility index (Phi) is 4.28. The lowest BCUT2D eigenvalue weighted by atomic mass is 9.84. The van der Waals surface area contributed by atoms with E-state index in [2.05, 4.69) is 20.8 Å². The first kappa shape index (κ1) is 12.2. The Morgan fingerprint density at radius 1 is 1.33 bits per heavy atom. The first-order valence-corrected chi connectivity index (χ1v) is 5.57. The molecule has 1 rings (SSSR count). The molecule has 0 aliphatic carbocycles. The van der Waals surface area contributed by atoms with Gasteiger partial charge >= 0.3 is 0 Å². The standard InChI is InChI=1S/C13H20FN/c1-4-12(13(15)9(2)3)10-6-5-7-11(14)8-10/h5-9,12-13H,4,15H2,1-3H3. The number of hydrogen-bond donors (Lipinski definition) is 1. The summed E-state index contributed by atoms with van der Waals surface area (Å²) in [5, 5.41) is 0. The van der Waals surface area contributed by atoms with E-state index in [1.54, 1.807) is 12.1 Å². The number of hydrogen-bond acceptors (Lipinski definition) is 1. The van der Waals surface area contributed by atoms with Crippen molar-refractivity contribution in [2.75, 3.05) is 0 Å². The Balaban J connectivity index is 2.92. The molecule has 0 heterocycles. The van der Waals surface area contributed by atoms with Gasteiger partial charge in [-0.25, -0.2) is 4.39 Å². The summed E-state index contributed by atoms with van der Waals surface area (Å²) in [6.45, 7) is 6.30. The zero-order valence-electron chi connectivity index (χ0n) is 9.70. The van der Waals surface area contributed by atoms with Crippen LogP contribution in [0.5, 0.6) is 0 Å². The molecular formula is C13H20FN. The Hall–Kier alpha value is -0.890. The molecule has 0 saturated heterocycles. The van der Waals surface area contributed by atoms with Gasteiger partial charge in [-0.05, 0) is 36.0 Å². The van der Waals surface area contributed by atoms with Crippen LogP contribution in [0.1, 0.15) is 38.7 Å². The minimum atomic E-state index is -0.179. The van der Waals surface area contributed by atoms with E-state index >= 15 is 0 Å². The lowest BCUT2D eigenvalue weighted by Gasteiger charge is -2.26. The Morgan fingerprint density at radius 3 is 2.47 bits per heavy atom. The van der Waals surface area contributed by atoms with E-state index in [-0.39, 0.29) is 17.8 Å². The third kappa shape index (κ3) is 3.03. The van der Waals surface area contributed by atoms with E-state index in [0.29, 0.717) is 5.92 Å². The second-order valence-electron chi connectivity index (χ2n) is 4.39. The van der Waals surface area contributed by atoms with Crippen LogP contribution in [0.2, 0.25) is 0 Å². The molecule has 2 heteroatoms. The lowest BCUT2D eigenvalue weighted by Crippen LogP contribution is -2.33. The third-order valence-corrected chi connectivity index (χ3v) is 2.95. The Morgan fingerprint density at radius 2 is 2.00 bits per heavy atom. The predicted molar refractivity (Wildman–Crippen MR) is 62.2 cm³/mol. The first-order valence-electron chi connectivity index (χ1n) is 5.57. The van der Waals surface area contributed by atoms with Crippen LogP contribution in [0.3, 0.4) is 0 Å². The second-order valence-corrected chi connectivity index (χ2v) is 4.39. The molecule has 1 aromatic carbocycles. The maximum Gasteiger partial charge on any atom is 0.123 e. The molecule has 1 nitrogen and oxygen atoms in total. The van der Waals surface area contributed by atoms with Crippen molar-refractivity contribution >= 4 is 0 Å². The summed E-state index contributed by atoms with van der Waals surface area (Å²) in [6.07, 6.45) is 0.947. The maximum absolute atomic E-state index is 13.1. The highest BCUT2D eigenvalue weighted by Gasteiger charge is 2.20. The molecule has 0 amide bonds. The minimum Gasteiger partial charge on any atom is -0.327 e. The van der Waals surface area contributed by atoms with Crippen LogP contribution < -0.4 is 5.73 Å². The Labute approximate surface area is 91.5 Å². The summed E-state index contributed by atoms with van der Waals surface area (Å²) in [5.41, 5.74) is 7.14. The molecule has 15 heavy (non-hydrogen) atoms. The van der Waals surface area contributed by atoms with Gasteiger partial charge in [-0.3, -0.25) is 0 Å². The van der Waals surface area contributed by atoms with Crippen molar-refractivity contribution in [3.8, 4) is 0 Å². The van der Waals surface area contributed by atoms with Crippen LogP contribution in [-0.4, -0.2) is 6.04 Å². The van der Waals surface area contributed by atoms with Crippen molar-refractivity contribution in [3.63, 3.8) is 0 Å². The fraction of sp³-hybridized carbons (Fsp3) is 0.538. The molecule has 1 aromatic rings. The molecule has 84 valence electrons. The highest BCUT2D eigenvalue weighted by atomic mass is 19.1. The summed E-state index contributed by atoms with van der Waals surface area (Å²) in [7, 11) is 0. The molecule has 2 N–H and O–H groups in total. The molecule has 0 spiro atoms. The van der Waals surface area contributed by atoms with Gasteiger partial charge < -0.3 is 5.73 Å². The van der Waals surface area contributed by atoms with Gasteiger partial charge in [0, 0.05) is 6.04 Å². The molecule has 0 radical (unpaired) electrons. The summed E-state index contributed by atoms with van der Waals surface area (Å²) < 4.78 is 13.1. The zero-order chi connectivity index (χ0) is 11.4. The van der Waals surface area contributed by atoms with Crippen molar-refractivity contribution in [2.24, 2.45) is 11.7 Å². The SMILES string of the molecule is CCC(c1cccc(F)c1)C(N)C(C)C. The van der Waals surface area contributed by atoms with E-state index < -0.39 is 0 Å². The molecule has 0 aliphatic rings. The summed E-state index contributed by atoms with van der Waals surface area (Å²) in [4.78, 5) is 0. The number of nitrogens with two attached hydrogens (primary N) is 1. The molecule has 0 aromatic heterocycles. The average molecular weight is 209 g/mol. The van der Waals surface area contributed by atoms with Crippen molar-refractivity contribution in [1.82, 2.24) is 0 Å². The second kappa shape index (κ2) is 5.26. The summed E-state index contributed by atoms with van der Waals surface area (Å²) >= 11 is 0. The largest absolute Gasteiger partial charge is 0.327 e. The van der Waals surface area contributed by atoms with Crippen LogP contribution in [0, 0.1) is 11.7 Å². The van der Waals surface area contributed by atoms with E-state index in [4.69, 9.17) is 5.73 Å². The van der Waals surface area contributed by atoms with E-state index in [1.165, 1.54) is 6.07 Å². The predicted octanol–water partition coefficient (Wildman–Crippen LogP) is 3.30. The fourth-order valence-electron chi connectivity index (χ4n) is 1.93. The van der Waals surface area contributed by atoms with Crippen LogP contribution >= 0.6 is 0 Å². The highest BCUT2D eigenvalue weighted by molar-refractivity contribution is 5.22. The van der Waals surface area contributed by atoms with E-state index in [0.717, 1.165) is 12.0 Å². The lowest BCUT2D eigenvalue weighted by molar-refractivity contribution is 0.407. The van der Waals surface area contributed by atoms with E-state index in [9.17, 15) is 4.39 Å². The van der Waals surface area contributed by atoms with Crippen LogP contribution in [-0.2, 0) is 0 Å². The van der Waals surface area contributed by atoms with Gasteiger partial charge in [-0.15, -0.1) is 0 Å². The molecule has 0 fully saturated rings. The van der Waals surface area contributed by atoms with Crippen molar-refractivity contribution in [2.45, 2.75) is 39.2 Å². The van der Waals surface area contributed by atoms with Gasteiger partial charge in [-0.2, -0.15) is 0 Å². The van der Waals surface area contributed by atoms with Gasteiger partial charge in [0.1, 0.15) is 5.82 Å². The third-order valence-electron chi connectivity index (χ3n) is 2.95. The van der Waals surface area contributed by atoms with Crippen molar-refractivity contribution < 1.29 is 4.39 Å². The summed E-state index contributed by atoms with van der Waals surface area (Å²) in [6, 6.07) is 6.87. The number of halogens is 1. The monoisotopic (exact) mass is 209 g/mol. The molecule has 0 saturated carbocycles. The zero-order valence-corrected chi connectivity index (χ0v) is 9.70. The smallest absolute Gasteiger partial charge is 0.123 e. The van der Waals surface area contributed by atoms with Crippen LogP contribution in [0.15, 0.2) is 24.3 Å². The summed E-state index contributed by atoms with van der Waals surface area (Å²) in [5.74, 6) is 0.487. The minimum absolute atomic E-state index is 0.0943. The van der Waals surface area contributed by atoms with E-state index in [1.807, 2.05) is 6.07 Å². The van der Waals surface area contributed by atoms with Gasteiger partial charge in [0.25, 0.3) is 0 Å². The molecule has 2 atom stereocenters. The van der Waals surface area contributed by atoms with Crippen LogP contribution in [0.4, 0.5) is 4.39 Å². The number of rotatable bonds is 4. The quantitative estimate of drug-likeness (QED) is 0.809. The molecule has 2 unspecified atom stereocenters. The molecule has 0 bridgehead atoms. The molecular weight excluding hydrogens is 189 g/mol.